The Labute approximate surface area is 126 Å². The van der Waals surface area contributed by atoms with Crippen LogP contribution in [-0.2, 0) is 0 Å². The van der Waals surface area contributed by atoms with Crippen molar-refractivity contribution >= 4 is 27.6 Å². The minimum absolute atomic E-state index is 0.0135. The summed E-state index contributed by atoms with van der Waals surface area (Å²) in [6.07, 6.45) is 0. The van der Waals surface area contributed by atoms with Crippen molar-refractivity contribution in [2.75, 3.05) is 0 Å². The van der Waals surface area contributed by atoms with E-state index in [0.717, 1.165) is 16.8 Å². The standard InChI is InChI=1S/C16H14BrN3/c17-13-14(11-7-3-1-4-8-11)19-16(18)20-15(13)12-9-5-2-6-10-12/h1-10,13-14H,(H2,18,19). The predicted octanol–water partition coefficient (Wildman–Crippen LogP) is 3.31. The largest absolute Gasteiger partial charge is 0.368 e. The summed E-state index contributed by atoms with van der Waals surface area (Å²) in [6, 6.07) is 20.1. The fourth-order valence-corrected chi connectivity index (χ4v) is 3.09. The number of rotatable bonds is 2. The fourth-order valence-electron chi connectivity index (χ4n) is 2.30. The van der Waals surface area contributed by atoms with Gasteiger partial charge in [-0.05, 0) is 11.1 Å². The zero-order valence-corrected chi connectivity index (χ0v) is 12.4. The molecule has 0 radical (unpaired) electrons. The van der Waals surface area contributed by atoms with Gasteiger partial charge in [0, 0.05) is 0 Å². The molecule has 0 fully saturated rings. The number of alkyl halides is 1. The molecule has 2 N–H and O–H groups in total. The third-order valence-electron chi connectivity index (χ3n) is 3.26. The van der Waals surface area contributed by atoms with Crippen LogP contribution in [0, 0.1) is 0 Å². The van der Waals surface area contributed by atoms with Gasteiger partial charge in [0.15, 0.2) is 0 Å². The topological polar surface area (TPSA) is 50.7 Å². The van der Waals surface area contributed by atoms with Gasteiger partial charge in [0.2, 0.25) is 5.96 Å². The Morgan fingerprint density at radius 1 is 0.900 bits per heavy atom. The van der Waals surface area contributed by atoms with Crippen LogP contribution < -0.4 is 5.73 Å². The van der Waals surface area contributed by atoms with Crippen molar-refractivity contribution in [1.29, 1.82) is 0 Å². The average molecular weight is 328 g/mol. The Hall–Kier alpha value is -1.94. The second-order valence-electron chi connectivity index (χ2n) is 4.61. The van der Waals surface area contributed by atoms with Crippen molar-refractivity contribution in [2.24, 2.45) is 15.7 Å². The molecule has 0 aromatic heterocycles. The molecule has 0 spiro atoms. The van der Waals surface area contributed by atoms with Crippen molar-refractivity contribution < 1.29 is 0 Å². The summed E-state index contributed by atoms with van der Waals surface area (Å²) in [7, 11) is 0. The van der Waals surface area contributed by atoms with Gasteiger partial charge in [-0.1, -0.05) is 76.6 Å². The first-order valence-electron chi connectivity index (χ1n) is 6.42. The summed E-state index contributed by atoms with van der Waals surface area (Å²) >= 11 is 3.73. The lowest BCUT2D eigenvalue weighted by Gasteiger charge is -2.25. The highest BCUT2D eigenvalue weighted by atomic mass is 79.9. The molecule has 2 atom stereocenters. The van der Waals surface area contributed by atoms with E-state index in [1.165, 1.54) is 0 Å². The van der Waals surface area contributed by atoms with Gasteiger partial charge in [-0.2, -0.15) is 0 Å². The molecule has 1 aliphatic rings. The number of hydrogen-bond donors (Lipinski definition) is 1. The molecule has 0 saturated carbocycles. The van der Waals surface area contributed by atoms with E-state index in [-0.39, 0.29) is 10.9 Å². The van der Waals surface area contributed by atoms with Gasteiger partial charge in [0.25, 0.3) is 0 Å². The van der Waals surface area contributed by atoms with E-state index in [4.69, 9.17) is 5.73 Å². The van der Waals surface area contributed by atoms with Gasteiger partial charge in [-0.15, -0.1) is 0 Å². The Morgan fingerprint density at radius 2 is 1.50 bits per heavy atom. The van der Waals surface area contributed by atoms with Crippen LogP contribution in [0.4, 0.5) is 0 Å². The Morgan fingerprint density at radius 3 is 2.15 bits per heavy atom. The molecule has 0 aliphatic carbocycles. The molecule has 0 saturated heterocycles. The van der Waals surface area contributed by atoms with Gasteiger partial charge in [-0.3, -0.25) is 0 Å². The lowest BCUT2D eigenvalue weighted by molar-refractivity contribution is 0.771. The average Bonchev–Trinajstić information content (AvgIpc) is 2.51. The van der Waals surface area contributed by atoms with Crippen LogP contribution in [0.15, 0.2) is 70.6 Å². The van der Waals surface area contributed by atoms with Gasteiger partial charge in [0.05, 0.1) is 16.6 Å². The molecule has 0 amide bonds. The highest BCUT2D eigenvalue weighted by molar-refractivity contribution is 9.10. The van der Waals surface area contributed by atoms with Crippen LogP contribution in [0.5, 0.6) is 0 Å². The van der Waals surface area contributed by atoms with Crippen LogP contribution in [0.2, 0.25) is 0 Å². The molecule has 0 bridgehead atoms. The van der Waals surface area contributed by atoms with E-state index in [1.54, 1.807) is 0 Å². The molecule has 2 aromatic carbocycles. The molecule has 100 valence electrons. The maximum atomic E-state index is 5.89. The summed E-state index contributed by atoms with van der Waals surface area (Å²) in [5.41, 5.74) is 9.01. The quantitative estimate of drug-likeness (QED) is 0.845. The summed E-state index contributed by atoms with van der Waals surface area (Å²) in [4.78, 5) is 8.89. The van der Waals surface area contributed by atoms with Gasteiger partial charge >= 0.3 is 0 Å². The van der Waals surface area contributed by atoms with Crippen LogP contribution >= 0.6 is 15.9 Å². The highest BCUT2D eigenvalue weighted by Gasteiger charge is 2.29. The van der Waals surface area contributed by atoms with E-state index in [0.29, 0.717) is 5.96 Å². The van der Waals surface area contributed by atoms with Crippen LogP contribution in [0.1, 0.15) is 17.2 Å². The van der Waals surface area contributed by atoms with E-state index in [1.807, 2.05) is 48.5 Å². The van der Waals surface area contributed by atoms with Crippen molar-refractivity contribution in [3.05, 3.63) is 71.8 Å². The summed E-state index contributed by atoms with van der Waals surface area (Å²) < 4.78 is 0. The Balaban J connectivity index is 2.01. The minimum atomic E-state index is -0.0519. The van der Waals surface area contributed by atoms with E-state index < -0.39 is 0 Å². The molecule has 3 rings (SSSR count). The second kappa shape index (κ2) is 5.59. The molecular weight excluding hydrogens is 314 g/mol. The number of aliphatic imine (C=N–C) groups is 2. The lowest BCUT2D eigenvalue weighted by atomic mass is 9.96. The second-order valence-corrected chi connectivity index (χ2v) is 5.59. The van der Waals surface area contributed by atoms with Crippen molar-refractivity contribution in [3.63, 3.8) is 0 Å². The smallest absolute Gasteiger partial charge is 0.216 e. The summed E-state index contributed by atoms with van der Waals surface area (Å²) in [5, 5.41) is 0. The maximum Gasteiger partial charge on any atom is 0.216 e. The van der Waals surface area contributed by atoms with Gasteiger partial charge in [0.1, 0.15) is 0 Å². The Kier molecular flexibility index (Phi) is 3.65. The molecule has 4 heteroatoms. The van der Waals surface area contributed by atoms with E-state index in [9.17, 15) is 0 Å². The maximum absolute atomic E-state index is 5.89. The van der Waals surface area contributed by atoms with E-state index in [2.05, 4.69) is 38.0 Å². The van der Waals surface area contributed by atoms with Gasteiger partial charge in [-0.25, -0.2) is 9.98 Å². The highest BCUT2D eigenvalue weighted by Crippen LogP contribution is 2.32. The Bertz CT molecular complexity index is 650. The van der Waals surface area contributed by atoms with Crippen molar-refractivity contribution in [3.8, 4) is 0 Å². The summed E-state index contributed by atoms with van der Waals surface area (Å²) in [5.74, 6) is 0.327. The first kappa shape index (κ1) is 13.1. The monoisotopic (exact) mass is 327 g/mol. The first-order chi connectivity index (χ1) is 9.75. The SMILES string of the molecule is NC1=NC(c2ccccc2)C(Br)C(c2ccccc2)=N1. The molecule has 1 heterocycles. The van der Waals surface area contributed by atoms with E-state index >= 15 is 0 Å². The lowest BCUT2D eigenvalue weighted by Crippen LogP contribution is -2.31. The zero-order chi connectivity index (χ0) is 13.9. The minimum Gasteiger partial charge on any atom is -0.368 e. The number of nitrogens with zero attached hydrogens (tertiary/aromatic N) is 2. The van der Waals surface area contributed by atoms with Crippen LogP contribution in [0.3, 0.4) is 0 Å². The van der Waals surface area contributed by atoms with Crippen molar-refractivity contribution in [2.45, 2.75) is 10.9 Å². The molecule has 3 nitrogen and oxygen atoms in total. The predicted molar refractivity (Wildman–Crippen MR) is 86.5 cm³/mol. The molecule has 1 aliphatic heterocycles. The normalized spacial score (nSPS) is 22.1. The van der Waals surface area contributed by atoms with Crippen LogP contribution in [-0.4, -0.2) is 16.5 Å². The molecule has 20 heavy (non-hydrogen) atoms. The number of guanidine groups is 1. The van der Waals surface area contributed by atoms with Gasteiger partial charge < -0.3 is 5.73 Å². The fraction of sp³-hybridized carbons (Fsp3) is 0.125. The summed E-state index contributed by atoms with van der Waals surface area (Å²) in [6.45, 7) is 0. The number of halogens is 1. The number of hydrogen-bond acceptors (Lipinski definition) is 3. The third-order valence-corrected chi connectivity index (χ3v) is 4.19. The molecule has 2 unspecified atom stereocenters. The first-order valence-corrected chi connectivity index (χ1v) is 7.33. The molecule has 2 aromatic rings. The number of nitrogens with two attached hydrogens (primary N) is 1. The zero-order valence-electron chi connectivity index (χ0n) is 10.8. The van der Waals surface area contributed by atoms with Crippen LogP contribution in [0.25, 0.3) is 0 Å². The number of benzene rings is 2. The third kappa shape index (κ3) is 2.51. The molecular formula is C16H14BrN3. The van der Waals surface area contributed by atoms with Crippen molar-refractivity contribution in [1.82, 2.24) is 0 Å².